The van der Waals surface area contributed by atoms with Gasteiger partial charge in [0.1, 0.15) is 11.5 Å². The molecule has 0 radical (unpaired) electrons. The van der Waals surface area contributed by atoms with Gasteiger partial charge < -0.3 is 4.74 Å². The van der Waals surface area contributed by atoms with Gasteiger partial charge in [0, 0.05) is 34.6 Å². The smallest absolute Gasteiger partial charge is 0.132 e. The maximum atomic E-state index is 6.55. The Bertz CT molecular complexity index is 2170. The van der Waals surface area contributed by atoms with Crippen LogP contribution in [0, 0.1) is 0 Å². The van der Waals surface area contributed by atoms with E-state index < -0.39 is 5.41 Å². The van der Waals surface area contributed by atoms with Crippen molar-refractivity contribution in [3.05, 3.63) is 180 Å². The molecule has 3 heteroatoms. The topological polar surface area (TPSA) is 35.0 Å². The number of para-hydroxylation sites is 2. The minimum Gasteiger partial charge on any atom is -0.457 e. The van der Waals surface area contributed by atoms with Gasteiger partial charge >= 0.3 is 0 Å². The number of rotatable bonds is 2. The van der Waals surface area contributed by atoms with Crippen LogP contribution in [0.15, 0.2) is 158 Å². The SMILES string of the molecule is c1ccc(C2(c3ccc4c(c3)-c3ccccc3-c3nccnc3-c3ccccc3-4)c3ccccc3Oc3ccccc32)cc1. The first kappa shape index (κ1) is 24.8. The maximum Gasteiger partial charge on any atom is 0.132 e. The van der Waals surface area contributed by atoms with E-state index in [4.69, 9.17) is 14.7 Å². The quantitative estimate of drug-likeness (QED) is 0.210. The van der Waals surface area contributed by atoms with E-state index in [9.17, 15) is 0 Å². The van der Waals surface area contributed by atoms with Gasteiger partial charge in [0.05, 0.1) is 16.8 Å². The highest BCUT2D eigenvalue weighted by Crippen LogP contribution is 2.56. The summed E-state index contributed by atoms with van der Waals surface area (Å²) in [6.07, 6.45) is 3.57. The van der Waals surface area contributed by atoms with Crippen molar-refractivity contribution in [1.82, 2.24) is 9.97 Å². The number of ether oxygens (including phenoxy) is 1. The van der Waals surface area contributed by atoms with Crippen LogP contribution in [0.5, 0.6) is 11.5 Å². The van der Waals surface area contributed by atoms with E-state index in [0.29, 0.717) is 0 Å². The molecule has 0 spiro atoms. The van der Waals surface area contributed by atoms with Crippen LogP contribution >= 0.6 is 0 Å². The lowest BCUT2D eigenvalue weighted by Gasteiger charge is -2.41. The van der Waals surface area contributed by atoms with Gasteiger partial charge in [-0.1, -0.05) is 127 Å². The summed E-state index contributed by atoms with van der Waals surface area (Å²) in [6, 6.07) is 51.9. The Labute approximate surface area is 256 Å². The van der Waals surface area contributed by atoms with Crippen LogP contribution in [0.3, 0.4) is 0 Å². The third kappa shape index (κ3) is 3.44. The first-order valence-corrected chi connectivity index (χ1v) is 14.9. The molecule has 2 aliphatic rings. The summed E-state index contributed by atoms with van der Waals surface area (Å²) in [5, 5.41) is 0. The lowest BCUT2D eigenvalue weighted by Crippen LogP contribution is -2.34. The molecule has 0 bridgehead atoms. The molecule has 0 saturated heterocycles. The van der Waals surface area contributed by atoms with Crippen molar-refractivity contribution in [2.24, 2.45) is 0 Å². The fourth-order valence-electron chi connectivity index (χ4n) is 7.29. The fourth-order valence-corrected chi connectivity index (χ4v) is 7.29. The molecule has 9 rings (SSSR count). The van der Waals surface area contributed by atoms with Crippen LogP contribution in [0.1, 0.15) is 22.3 Å². The number of hydrogen-bond acceptors (Lipinski definition) is 3. The Morgan fingerprint density at radius 1 is 0.386 bits per heavy atom. The van der Waals surface area contributed by atoms with Crippen molar-refractivity contribution in [3.63, 3.8) is 0 Å². The molecular weight excluding hydrogens is 536 g/mol. The molecule has 206 valence electrons. The third-order valence-electron chi connectivity index (χ3n) is 9.10. The van der Waals surface area contributed by atoms with Crippen molar-refractivity contribution in [2.45, 2.75) is 5.41 Å². The van der Waals surface area contributed by atoms with Gasteiger partial charge in [0.15, 0.2) is 0 Å². The average Bonchev–Trinajstić information content (AvgIpc) is 3.10. The van der Waals surface area contributed by atoms with Gasteiger partial charge in [0.25, 0.3) is 0 Å². The summed E-state index contributed by atoms with van der Waals surface area (Å²) in [6.45, 7) is 0. The molecule has 7 aromatic rings. The van der Waals surface area contributed by atoms with Crippen molar-refractivity contribution >= 4 is 0 Å². The first-order chi connectivity index (χ1) is 21.8. The monoisotopic (exact) mass is 562 g/mol. The number of fused-ring (bicyclic) bond motifs is 10. The van der Waals surface area contributed by atoms with E-state index in [0.717, 1.165) is 56.3 Å². The minimum absolute atomic E-state index is 0.601. The van der Waals surface area contributed by atoms with Gasteiger partial charge in [0.2, 0.25) is 0 Å². The predicted octanol–water partition coefficient (Wildman–Crippen LogP) is 9.95. The normalized spacial score (nSPS) is 13.4. The predicted molar refractivity (Wildman–Crippen MR) is 176 cm³/mol. The maximum absolute atomic E-state index is 6.55. The molecule has 1 aromatic heterocycles. The van der Waals surface area contributed by atoms with Crippen LogP contribution < -0.4 is 4.74 Å². The minimum atomic E-state index is -0.601. The highest BCUT2D eigenvalue weighted by atomic mass is 16.5. The fraction of sp³-hybridized carbons (Fsp3) is 0.0244. The van der Waals surface area contributed by atoms with E-state index in [1.807, 2.05) is 0 Å². The molecule has 0 fully saturated rings. The summed E-state index contributed by atoms with van der Waals surface area (Å²) in [5.74, 6) is 1.74. The molecule has 0 amide bonds. The van der Waals surface area contributed by atoms with Crippen LogP contribution in [-0.2, 0) is 5.41 Å². The van der Waals surface area contributed by atoms with E-state index >= 15 is 0 Å². The number of nitrogens with zero attached hydrogens (tertiary/aromatic N) is 2. The largest absolute Gasteiger partial charge is 0.457 e. The van der Waals surface area contributed by atoms with Crippen molar-refractivity contribution in [1.29, 1.82) is 0 Å². The summed E-state index contributed by atoms with van der Waals surface area (Å²) in [4.78, 5) is 9.74. The van der Waals surface area contributed by atoms with Crippen LogP contribution in [0.4, 0.5) is 0 Å². The Kier molecular flexibility index (Phi) is 5.41. The molecule has 0 unspecified atom stereocenters. The van der Waals surface area contributed by atoms with E-state index in [-0.39, 0.29) is 0 Å². The zero-order chi connectivity index (χ0) is 29.1. The van der Waals surface area contributed by atoms with Gasteiger partial charge in [-0.25, -0.2) is 0 Å². The molecule has 1 aliphatic heterocycles. The summed E-state index contributed by atoms with van der Waals surface area (Å²) < 4.78 is 6.55. The molecule has 6 aromatic carbocycles. The Morgan fingerprint density at radius 2 is 0.864 bits per heavy atom. The summed E-state index contributed by atoms with van der Waals surface area (Å²) in [7, 11) is 0. The molecule has 2 heterocycles. The molecular formula is C41H26N2O. The lowest BCUT2D eigenvalue weighted by molar-refractivity contribution is 0.434. The highest BCUT2D eigenvalue weighted by molar-refractivity contribution is 6.01. The van der Waals surface area contributed by atoms with Crippen LogP contribution in [0.2, 0.25) is 0 Å². The summed E-state index contributed by atoms with van der Waals surface area (Å²) >= 11 is 0. The van der Waals surface area contributed by atoms with E-state index in [2.05, 4.69) is 146 Å². The zero-order valence-electron chi connectivity index (χ0n) is 23.8. The Hall–Kier alpha value is -5.80. The van der Waals surface area contributed by atoms with Crippen molar-refractivity contribution in [3.8, 4) is 56.3 Å². The molecule has 1 aliphatic carbocycles. The number of hydrogen-bond donors (Lipinski definition) is 0. The standard InChI is InChI=1S/C41H26N2O/c1-2-12-27(13-3-1)41(35-18-8-10-20-37(35)44-38-21-11-9-19-36(38)41)28-22-23-31-29-14-4-6-16-32(29)39-40(43-25-24-42-39)33-17-7-5-15-30(33)34(31)26-28/h1-26H. The zero-order valence-corrected chi connectivity index (χ0v) is 23.8. The second kappa shape index (κ2) is 9.62. The number of aromatic nitrogens is 2. The van der Waals surface area contributed by atoms with Crippen molar-refractivity contribution in [2.75, 3.05) is 0 Å². The van der Waals surface area contributed by atoms with Crippen LogP contribution in [-0.4, -0.2) is 9.97 Å². The molecule has 0 saturated carbocycles. The van der Waals surface area contributed by atoms with E-state index in [1.54, 1.807) is 12.4 Å². The first-order valence-electron chi connectivity index (χ1n) is 14.9. The number of benzene rings is 6. The van der Waals surface area contributed by atoms with Crippen LogP contribution in [0.25, 0.3) is 44.8 Å². The average molecular weight is 563 g/mol. The second-order valence-corrected chi connectivity index (χ2v) is 11.3. The van der Waals surface area contributed by atoms with Crippen molar-refractivity contribution < 1.29 is 4.74 Å². The van der Waals surface area contributed by atoms with Gasteiger partial charge in [-0.05, 0) is 51.6 Å². The summed E-state index contributed by atoms with van der Waals surface area (Å²) in [5.41, 5.74) is 12.6. The second-order valence-electron chi connectivity index (χ2n) is 11.3. The molecule has 0 N–H and O–H groups in total. The van der Waals surface area contributed by atoms with Gasteiger partial charge in [-0.15, -0.1) is 0 Å². The van der Waals surface area contributed by atoms with Gasteiger partial charge in [-0.3, -0.25) is 9.97 Å². The lowest BCUT2D eigenvalue weighted by atomic mass is 9.63. The molecule has 3 nitrogen and oxygen atoms in total. The Morgan fingerprint density at radius 3 is 1.48 bits per heavy atom. The van der Waals surface area contributed by atoms with Gasteiger partial charge in [-0.2, -0.15) is 0 Å². The molecule has 44 heavy (non-hydrogen) atoms. The highest BCUT2D eigenvalue weighted by Gasteiger charge is 2.45. The van der Waals surface area contributed by atoms with E-state index in [1.165, 1.54) is 22.3 Å². The third-order valence-corrected chi connectivity index (χ3v) is 9.10. The molecule has 0 atom stereocenters. The Balaban J connectivity index is 1.43.